The molecule has 24 heavy (non-hydrogen) atoms. The van der Waals surface area contributed by atoms with Crippen molar-refractivity contribution in [2.75, 3.05) is 18.8 Å². The van der Waals surface area contributed by atoms with Gasteiger partial charge in [-0.05, 0) is 18.1 Å². The minimum atomic E-state index is -3.73. The number of aromatic carboxylic acids is 1. The van der Waals surface area contributed by atoms with Gasteiger partial charge in [-0.2, -0.15) is 12.7 Å². The number of imidazole rings is 1. The van der Waals surface area contributed by atoms with Gasteiger partial charge >= 0.3 is 16.2 Å². The second-order valence-corrected chi connectivity index (χ2v) is 8.16. The Hall–Kier alpha value is -2.13. The molecule has 1 aromatic heterocycles. The van der Waals surface area contributed by atoms with Crippen molar-refractivity contribution in [3.63, 3.8) is 0 Å². The highest BCUT2D eigenvalue weighted by Crippen LogP contribution is 2.26. The molecule has 0 saturated heterocycles. The molecule has 0 spiro atoms. The lowest BCUT2D eigenvalue weighted by atomic mass is 10.1. The topological polar surface area (TPSA) is 105 Å². The van der Waals surface area contributed by atoms with Crippen molar-refractivity contribution in [2.45, 2.75) is 20.3 Å². The molecular weight excluding hydrogens is 332 g/mol. The molecule has 0 bridgehead atoms. The number of aryl methyl sites for hydroxylation is 1. The minimum Gasteiger partial charge on any atom is -0.478 e. The van der Waals surface area contributed by atoms with Crippen molar-refractivity contribution >= 4 is 32.9 Å². The van der Waals surface area contributed by atoms with Gasteiger partial charge in [0, 0.05) is 27.6 Å². The maximum absolute atomic E-state index is 12.0. The van der Waals surface area contributed by atoms with Crippen molar-refractivity contribution in [1.82, 2.24) is 13.9 Å². The summed E-state index contributed by atoms with van der Waals surface area (Å²) in [5.74, 6) is -0.0133. The molecule has 0 fully saturated rings. The van der Waals surface area contributed by atoms with E-state index in [0.29, 0.717) is 23.4 Å². The summed E-state index contributed by atoms with van der Waals surface area (Å²) in [6, 6.07) is 2.86. The third-order valence-corrected chi connectivity index (χ3v) is 5.07. The standard InChI is InChI=1S/C15H22N4O4S/c1-9(2)6-13-16-12-8-10(17-24(22,23)18(3)4)7-11(15(20)21)14(12)19(13)5/h7-9,17H,6H2,1-5H3,(H,20,21). The first-order valence-corrected chi connectivity index (χ1v) is 8.90. The molecule has 2 aromatic rings. The van der Waals surface area contributed by atoms with Crippen molar-refractivity contribution in [1.29, 1.82) is 0 Å². The first-order valence-electron chi connectivity index (χ1n) is 7.46. The molecular formula is C15H22N4O4S. The van der Waals surface area contributed by atoms with Crippen LogP contribution in [0.2, 0.25) is 0 Å². The second-order valence-electron chi connectivity index (χ2n) is 6.27. The van der Waals surface area contributed by atoms with E-state index in [0.717, 1.165) is 10.1 Å². The molecule has 0 aliphatic heterocycles. The van der Waals surface area contributed by atoms with Crippen LogP contribution in [0.3, 0.4) is 0 Å². The van der Waals surface area contributed by atoms with Crippen LogP contribution in [0.4, 0.5) is 5.69 Å². The highest BCUT2D eigenvalue weighted by Gasteiger charge is 2.20. The van der Waals surface area contributed by atoms with Gasteiger partial charge in [0.15, 0.2) is 0 Å². The zero-order valence-corrected chi connectivity index (χ0v) is 15.2. The molecule has 0 radical (unpaired) electrons. The zero-order chi connectivity index (χ0) is 18.2. The van der Waals surface area contributed by atoms with Crippen molar-refractivity contribution in [3.8, 4) is 0 Å². The molecule has 1 heterocycles. The summed E-state index contributed by atoms with van der Waals surface area (Å²) in [6.07, 6.45) is 0.697. The SMILES string of the molecule is CC(C)Cc1nc2cc(NS(=O)(=O)N(C)C)cc(C(=O)O)c2n1C. The van der Waals surface area contributed by atoms with Gasteiger partial charge in [-0.25, -0.2) is 9.78 Å². The summed E-state index contributed by atoms with van der Waals surface area (Å²) < 4.78 is 29.1. The molecule has 8 nitrogen and oxygen atoms in total. The molecule has 0 saturated carbocycles. The molecule has 0 unspecified atom stereocenters. The zero-order valence-electron chi connectivity index (χ0n) is 14.4. The van der Waals surface area contributed by atoms with Crippen LogP contribution >= 0.6 is 0 Å². The molecule has 2 rings (SSSR count). The maximum Gasteiger partial charge on any atom is 0.337 e. The lowest BCUT2D eigenvalue weighted by Gasteiger charge is -2.14. The molecule has 9 heteroatoms. The lowest BCUT2D eigenvalue weighted by Crippen LogP contribution is -2.29. The Morgan fingerprint density at radius 3 is 2.50 bits per heavy atom. The predicted octanol–water partition coefficient (Wildman–Crippen LogP) is 1.69. The number of anilines is 1. The summed E-state index contributed by atoms with van der Waals surface area (Å²) in [5.41, 5.74) is 1.10. The predicted molar refractivity (Wildman–Crippen MR) is 92.4 cm³/mol. The summed E-state index contributed by atoms with van der Waals surface area (Å²) >= 11 is 0. The van der Waals surface area contributed by atoms with Gasteiger partial charge in [0.1, 0.15) is 5.82 Å². The van der Waals surface area contributed by atoms with E-state index in [2.05, 4.69) is 9.71 Å². The number of fused-ring (bicyclic) bond motifs is 1. The monoisotopic (exact) mass is 354 g/mol. The highest BCUT2D eigenvalue weighted by atomic mass is 32.2. The van der Waals surface area contributed by atoms with E-state index in [1.54, 1.807) is 17.7 Å². The minimum absolute atomic E-state index is 0.00830. The third kappa shape index (κ3) is 3.51. The number of nitrogens with zero attached hydrogens (tertiary/aromatic N) is 3. The Morgan fingerprint density at radius 1 is 1.38 bits per heavy atom. The van der Waals surface area contributed by atoms with Crippen LogP contribution in [-0.4, -0.2) is 47.4 Å². The Kier molecular flexibility index (Phi) is 4.86. The van der Waals surface area contributed by atoms with Crippen LogP contribution in [-0.2, 0) is 23.7 Å². The van der Waals surface area contributed by atoms with E-state index < -0.39 is 16.2 Å². The molecule has 0 atom stereocenters. The highest BCUT2D eigenvalue weighted by molar-refractivity contribution is 7.90. The fourth-order valence-electron chi connectivity index (χ4n) is 2.41. The summed E-state index contributed by atoms with van der Waals surface area (Å²) in [4.78, 5) is 16.1. The van der Waals surface area contributed by atoms with Gasteiger partial charge in [-0.1, -0.05) is 13.8 Å². The summed E-state index contributed by atoms with van der Waals surface area (Å²) in [6.45, 7) is 4.10. The second kappa shape index (κ2) is 6.40. The van der Waals surface area contributed by atoms with E-state index in [9.17, 15) is 18.3 Å². The Morgan fingerprint density at radius 2 is 2.00 bits per heavy atom. The summed E-state index contributed by atoms with van der Waals surface area (Å²) in [7, 11) is 0.817. The van der Waals surface area contributed by atoms with Crippen LogP contribution in [0.5, 0.6) is 0 Å². The summed E-state index contributed by atoms with van der Waals surface area (Å²) in [5, 5.41) is 9.50. The van der Waals surface area contributed by atoms with Gasteiger partial charge in [0.05, 0.1) is 22.3 Å². The number of rotatable bonds is 6. The van der Waals surface area contributed by atoms with Crippen LogP contribution in [0, 0.1) is 5.92 Å². The first-order chi connectivity index (χ1) is 11.0. The molecule has 2 N–H and O–H groups in total. The van der Waals surface area contributed by atoms with Gasteiger partial charge in [-0.3, -0.25) is 4.72 Å². The smallest absolute Gasteiger partial charge is 0.337 e. The number of carboxylic acids is 1. The number of hydrogen-bond donors (Lipinski definition) is 2. The number of benzene rings is 1. The van der Waals surface area contributed by atoms with Crippen molar-refractivity contribution in [2.24, 2.45) is 13.0 Å². The quantitative estimate of drug-likeness (QED) is 0.821. The van der Waals surface area contributed by atoms with Crippen LogP contribution in [0.25, 0.3) is 11.0 Å². The Bertz CT molecular complexity index is 885. The number of hydrogen-bond acceptors (Lipinski definition) is 4. The fraction of sp³-hybridized carbons (Fsp3) is 0.467. The molecule has 0 amide bonds. The Balaban J connectivity index is 2.64. The number of aromatic nitrogens is 2. The van der Waals surface area contributed by atoms with Crippen LogP contribution in [0.15, 0.2) is 12.1 Å². The molecule has 0 aliphatic rings. The molecule has 1 aromatic carbocycles. The Labute approximate surface area is 141 Å². The molecule has 132 valence electrons. The largest absolute Gasteiger partial charge is 0.478 e. The van der Waals surface area contributed by atoms with E-state index in [1.165, 1.54) is 20.2 Å². The van der Waals surface area contributed by atoms with E-state index in [-0.39, 0.29) is 11.3 Å². The van der Waals surface area contributed by atoms with Gasteiger partial charge < -0.3 is 9.67 Å². The van der Waals surface area contributed by atoms with Crippen LogP contribution in [0.1, 0.15) is 30.0 Å². The van der Waals surface area contributed by atoms with Crippen molar-refractivity contribution in [3.05, 3.63) is 23.5 Å². The fourth-order valence-corrected chi connectivity index (χ4v) is 3.01. The van der Waals surface area contributed by atoms with E-state index >= 15 is 0 Å². The van der Waals surface area contributed by atoms with Gasteiger partial charge in [0.2, 0.25) is 0 Å². The van der Waals surface area contributed by atoms with E-state index in [4.69, 9.17) is 0 Å². The van der Waals surface area contributed by atoms with Crippen LogP contribution < -0.4 is 4.72 Å². The lowest BCUT2D eigenvalue weighted by molar-refractivity contribution is 0.0698. The normalized spacial score (nSPS) is 12.3. The molecule has 0 aliphatic carbocycles. The van der Waals surface area contributed by atoms with E-state index in [1.807, 2.05) is 13.8 Å². The van der Waals surface area contributed by atoms with Gasteiger partial charge in [-0.15, -0.1) is 0 Å². The first kappa shape index (κ1) is 18.2. The number of carboxylic acid groups (broad SMARTS) is 1. The number of carbonyl (C=O) groups is 1. The van der Waals surface area contributed by atoms with Gasteiger partial charge in [0.25, 0.3) is 0 Å². The third-order valence-electron chi connectivity index (χ3n) is 3.61. The number of nitrogens with one attached hydrogen (secondary N) is 1. The average Bonchev–Trinajstić information content (AvgIpc) is 2.73. The van der Waals surface area contributed by atoms with Crippen molar-refractivity contribution < 1.29 is 18.3 Å². The average molecular weight is 354 g/mol. The maximum atomic E-state index is 12.0.